The van der Waals surface area contributed by atoms with Crippen LogP contribution in [-0.4, -0.2) is 75.1 Å². The van der Waals surface area contributed by atoms with E-state index in [4.69, 9.17) is 24.3 Å². The highest BCUT2D eigenvalue weighted by molar-refractivity contribution is 5.93. The molecule has 11 heteroatoms. The minimum Gasteiger partial charge on any atom is -0.453 e. The second-order valence-electron chi connectivity index (χ2n) is 12.5. The van der Waals surface area contributed by atoms with Crippen molar-refractivity contribution in [2.45, 2.75) is 71.8 Å². The number of carbonyl (C=O) groups is 2. The SMILES string of the molecule is CC(=O)OC(c1c(C)ccc2c1cnn2C1CCCCO1)c1cccc2c(N3CCN(C(=O)OC(C)(C)C)CC3)ncnc12. The Morgan fingerprint density at radius 3 is 2.52 bits per heavy atom. The lowest BCUT2D eigenvalue weighted by atomic mass is 9.92. The first-order chi connectivity index (χ1) is 21.1. The Labute approximate surface area is 257 Å². The highest BCUT2D eigenvalue weighted by Crippen LogP contribution is 2.39. The molecule has 0 saturated carbocycles. The Balaban J connectivity index is 1.37. The number of esters is 1. The van der Waals surface area contributed by atoms with E-state index in [1.54, 1.807) is 11.2 Å². The molecule has 6 rings (SSSR count). The summed E-state index contributed by atoms with van der Waals surface area (Å²) in [5.41, 5.74) is 3.73. The number of piperazine rings is 1. The van der Waals surface area contributed by atoms with E-state index in [1.807, 2.05) is 62.8 Å². The van der Waals surface area contributed by atoms with Gasteiger partial charge in [0.1, 0.15) is 17.7 Å². The lowest BCUT2D eigenvalue weighted by Crippen LogP contribution is -2.50. The summed E-state index contributed by atoms with van der Waals surface area (Å²) in [4.78, 5) is 38.5. The van der Waals surface area contributed by atoms with Crippen molar-refractivity contribution in [1.29, 1.82) is 0 Å². The van der Waals surface area contributed by atoms with Crippen LogP contribution in [0.1, 0.15) is 76.0 Å². The summed E-state index contributed by atoms with van der Waals surface area (Å²) in [5, 5.41) is 6.50. The number of hydrogen-bond donors (Lipinski definition) is 0. The molecule has 44 heavy (non-hydrogen) atoms. The van der Waals surface area contributed by atoms with Gasteiger partial charge in [0.2, 0.25) is 0 Å². The number of benzene rings is 2. The Bertz CT molecular complexity index is 1680. The number of aryl methyl sites for hydroxylation is 1. The van der Waals surface area contributed by atoms with Gasteiger partial charge in [-0.2, -0.15) is 5.10 Å². The fourth-order valence-corrected chi connectivity index (χ4v) is 6.18. The van der Waals surface area contributed by atoms with Crippen LogP contribution < -0.4 is 4.90 Å². The Morgan fingerprint density at radius 2 is 1.82 bits per heavy atom. The van der Waals surface area contributed by atoms with Crippen molar-refractivity contribution in [2.24, 2.45) is 0 Å². The van der Waals surface area contributed by atoms with Crippen LogP contribution >= 0.6 is 0 Å². The van der Waals surface area contributed by atoms with E-state index in [-0.39, 0.29) is 18.3 Å². The third kappa shape index (κ3) is 5.93. The minimum absolute atomic E-state index is 0.118. The fourth-order valence-electron chi connectivity index (χ4n) is 6.18. The lowest BCUT2D eigenvalue weighted by Gasteiger charge is -2.36. The molecule has 2 unspecified atom stereocenters. The number of aromatic nitrogens is 4. The van der Waals surface area contributed by atoms with Gasteiger partial charge in [0.15, 0.2) is 12.3 Å². The minimum atomic E-state index is -0.711. The number of amides is 1. The number of fused-ring (bicyclic) bond motifs is 2. The van der Waals surface area contributed by atoms with Gasteiger partial charge in [-0.3, -0.25) is 4.79 Å². The monoisotopic (exact) mass is 600 g/mol. The smallest absolute Gasteiger partial charge is 0.410 e. The summed E-state index contributed by atoms with van der Waals surface area (Å²) >= 11 is 0. The van der Waals surface area contributed by atoms with Crippen LogP contribution in [0.5, 0.6) is 0 Å². The summed E-state index contributed by atoms with van der Waals surface area (Å²) in [6.45, 7) is 12.0. The van der Waals surface area contributed by atoms with Crippen molar-refractivity contribution in [1.82, 2.24) is 24.6 Å². The quantitative estimate of drug-likeness (QED) is 0.266. The molecule has 0 aliphatic carbocycles. The normalized spacial score (nSPS) is 18.4. The Hall–Kier alpha value is -4.25. The molecule has 232 valence electrons. The third-order valence-electron chi connectivity index (χ3n) is 8.20. The summed E-state index contributed by atoms with van der Waals surface area (Å²) in [6, 6.07) is 10.0. The van der Waals surface area contributed by atoms with E-state index < -0.39 is 11.7 Å². The summed E-state index contributed by atoms with van der Waals surface area (Å²) in [7, 11) is 0. The summed E-state index contributed by atoms with van der Waals surface area (Å²) in [6.07, 6.45) is 5.32. The van der Waals surface area contributed by atoms with Gasteiger partial charge < -0.3 is 24.0 Å². The maximum atomic E-state index is 12.6. The largest absolute Gasteiger partial charge is 0.453 e. The van der Waals surface area contributed by atoms with E-state index in [9.17, 15) is 9.59 Å². The first-order valence-corrected chi connectivity index (χ1v) is 15.3. The number of para-hydroxylation sites is 1. The molecular formula is C33H40N6O5. The molecule has 2 saturated heterocycles. The maximum absolute atomic E-state index is 12.6. The van der Waals surface area contributed by atoms with Crippen molar-refractivity contribution in [3.8, 4) is 0 Å². The van der Waals surface area contributed by atoms with E-state index in [1.165, 1.54) is 6.92 Å². The zero-order valence-corrected chi connectivity index (χ0v) is 26.1. The molecule has 2 aromatic heterocycles. The van der Waals surface area contributed by atoms with Crippen LogP contribution in [-0.2, 0) is 19.0 Å². The molecule has 11 nitrogen and oxygen atoms in total. The number of anilines is 1. The molecule has 0 bridgehead atoms. The molecule has 4 heterocycles. The highest BCUT2D eigenvalue weighted by atomic mass is 16.6. The van der Waals surface area contributed by atoms with Crippen LogP contribution in [0.2, 0.25) is 0 Å². The molecule has 2 aliphatic heterocycles. The van der Waals surface area contributed by atoms with Gasteiger partial charge in [-0.05, 0) is 64.7 Å². The molecule has 0 radical (unpaired) electrons. The maximum Gasteiger partial charge on any atom is 0.410 e. The molecule has 2 atom stereocenters. The molecule has 2 aromatic carbocycles. The van der Waals surface area contributed by atoms with Crippen LogP contribution in [0.3, 0.4) is 0 Å². The molecule has 2 fully saturated rings. The van der Waals surface area contributed by atoms with Crippen LogP contribution in [0.15, 0.2) is 42.9 Å². The number of hydrogen-bond acceptors (Lipinski definition) is 9. The Morgan fingerprint density at radius 1 is 1.02 bits per heavy atom. The highest BCUT2D eigenvalue weighted by Gasteiger charge is 2.30. The van der Waals surface area contributed by atoms with Crippen molar-refractivity contribution in [3.63, 3.8) is 0 Å². The van der Waals surface area contributed by atoms with Crippen molar-refractivity contribution >= 4 is 39.7 Å². The van der Waals surface area contributed by atoms with Crippen molar-refractivity contribution in [2.75, 3.05) is 37.7 Å². The summed E-state index contributed by atoms with van der Waals surface area (Å²) in [5.74, 6) is 0.387. The second-order valence-corrected chi connectivity index (χ2v) is 12.5. The third-order valence-corrected chi connectivity index (χ3v) is 8.20. The topological polar surface area (TPSA) is 112 Å². The van der Waals surface area contributed by atoms with Gasteiger partial charge >= 0.3 is 12.1 Å². The van der Waals surface area contributed by atoms with Crippen molar-refractivity contribution < 1.29 is 23.8 Å². The van der Waals surface area contributed by atoms with E-state index >= 15 is 0 Å². The van der Waals surface area contributed by atoms with Crippen LogP contribution in [0.4, 0.5) is 10.6 Å². The average molecular weight is 601 g/mol. The van der Waals surface area contributed by atoms with E-state index in [0.29, 0.717) is 31.7 Å². The standard InChI is InChI=1S/C33H40N6O5/c1-21-12-13-26-25(19-36-39(26)27-11-6-7-18-42-27)28(21)30(43-22(2)40)23-9-8-10-24-29(23)34-20-35-31(24)37-14-16-38(17-15-37)32(41)44-33(3,4)5/h8-10,12-13,19-20,27,30H,6-7,11,14-18H2,1-5H3. The fraction of sp³-hybridized carbons (Fsp3) is 0.485. The van der Waals surface area contributed by atoms with E-state index in [2.05, 4.69) is 16.0 Å². The molecular weight excluding hydrogens is 560 g/mol. The predicted molar refractivity (Wildman–Crippen MR) is 166 cm³/mol. The first kappa shape index (κ1) is 29.8. The molecule has 0 N–H and O–H groups in total. The number of nitrogens with zero attached hydrogens (tertiary/aromatic N) is 6. The molecule has 0 spiro atoms. The number of ether oxygens (including phenoxy) is 3. The lowest BCUT2D eigenvalue weighted by molar-refractivity contribution is -0.144. The van der Waals surface area contributed by atoms with Gasteiger partial charge in [-0.1, -0.05) is 18.2 Å². The van der Waals surface area contributed by atoms with E-state index in [0.717, 1.165) is 64.7 Å². The summed E-state index contributed by atoms with van der Waals surface area (Å²) < 4.78 is 19.7. The second kappa shape index (κ2) is 12.0. The first-order valence-electron chi connectivity index (χ1n) is 15.3. The zero-order chi connectivity index (χ0) is 31.0. The van der Waals surface area contributed by atoms with Gasteiger partial charge in [0.05, 0.1) is 17.2 Å². The van der Waals surface area contributed by atoms with Gasteiger partial charge in [-0.25, -0.2) is 19.4 Å². The number of carbonyl (C=O) groups excluding carboxylic acids is 2. The predicted octanol–water partition coefficient (Wildman–Crippen LogP) is 5.70. The Kier molecular flexibility index (Phi) is 8.15. The molecule has 2 aliphatic rings. The average Bonchev–Trinajstić information content (AvgIpc) is 3.43. The molecule has 4 aromatic rings. The van der Waals surface area contributed by atoms with Gasteiger partial charge in [0, 0.05) is 61.6 Å². The number of rotatable bonds is 5. The van der Waals surface area contributed by atoms with Gasteiger partial charge in [-0.15, -0.1) is 0 Å². The van der Waals surface area contributed by atoms with Gasteiger partial charge in [0.25, 0.3) is 0 Å². The molecule has 1 amide bonds. The zero-order valence-electron chi connectivity index (χ0n) is 26.1. The van der Waals surface area contributed by atoms with Crippen molar-refractivity contribution in [3.05, 3.63) is 59.5 Å². The van der Waals surface area contributed by atoms with Crippen LogP contribution in [0.25, 0.3) is 21.8 Å². The van der Waals surface area contributed by atoms with Crippen LogP contribution in [0, 0.1) is 6.92 Å².